The van der Waals surface area contributed by atoms with Crippen LogP contribution in [-0.2, 0) is 11.3 Å². The first-order chi connectivity index (χ1) is 15.0. The van der Waals surface area contributed by atoms with E-state index in [0.29, 0.717) is 0 Å². The molecule has 1 amide bonds. The molecule has 2 heterocycles. The minimum Gasteiger partial charge on any atom is -0.326 e. The number of likely N-dealkylation sites (tertiary alicyclic amines) is 1. The van der Waals surface area contributed by atoms with Gasteiger partial charge in [0.1, 0.15) is 0 Å². The highest BCUT2D eigenvalue weighted by molar-refractivity contribution is 7.98. The van der Waals surface area contributed by atoms with Crippen molar-refractivity contribution in [2.24, 2.45) is 5.92 Å². The smallest absolute Gasteiger partial charge is 0.221 e. The van der Waals surface area contributed by atoms with Crippen molar-refractivity contribution in [2.75, 3.05) is 24.7 Å². The number of rotatable bonds is 6. The largest absolute Gasteiger partial charge is 0.326 e. The lowest BCUT2D eigenvalue weighted by molar-refractivity contribution is -0.114. The van der Waals surface area contributed by atoms with Crippen molar-refractivity contribution in [3.63, 3.8) is 0 Å². The summed E-state index contributed by atoms with van der Waals surface area (Å²) in [6.45, 7) is 3.96. The van der Waals surface area contributed by atoms with Gasteiger partial charge in [0.15, 0.2) is 5.78 Å². The summed E-state index contributed by atoms with van der Waals surface area (Å²) in [7, 11) is 0. The number of thioether (sulfide) groups is 1. The maximum Gasteiger partial charge on any atom is 0.221 e. The minimum atomic E-state index is -0.0938. The van der Waals surface area contributed by atoms with Crippen molar-refractivity contribution in [2.45, 2.75) is 31.2 Å². The fraction of sp³-hybridized carbons (Fsp3) is 0.320. The Balaban J connectivity index is 1.45. The van der Waals surface area contributed by atoms with Gasteiger partial charge in [0.2, 0.25) is 5.91 Å². The molecule has 4 rings (SSSR count). The number of piperidine rings is 1. The second-order valence-corrected chi connectivity index (χ2v) is 8.90. The number of hydrogen-bond acceptors (Lipinski definition) is 5. The number of Topliss-reactive ketones (excluding diaryl/α,β-unsaturated/α-hetero) is 1. The molecule has 1 aliphatic rings. The van der Waals surface area contributed by atoms with Gasteiger partial charge in [-0.05, 0) is 62.0 Å². The average Bonchev–Trinajstić information content (AvgIpc) is 2.78. The molecular formula is C25H27N3O2S. The molecule has 1 aliphatic heterocycles. The Morgan fingerprint density at radius 2 is 1.94 bits per heavy atom. The van der Waals surface area contributed by atoms with Gasteiger partial charge in [-0.2, -0.15) is 0 Å². The molecule has 1 atom stereocenters. The number of anilines is 1. The number of fused-ring (bicyclic) bond motifs is 1. The zero-order chi connectivity index (χ0) is 21.8. The highest BCUT2D eigenvalue weighted by Crippen LogP contribution is 2.26. The van der Waals surface area contributed by atoms with Crippen LogP contribution in [-0.4, -0.2) is 40.9 Å². The third-order valence-corrected chi connectivity index (χ3v) is 6.48. The summed E-state index contributed by atoms with van der Waals surface area (Å²) in [6.07, 6.45) is 3.99. The third-order valence-electron chi connectivity index (χ3n) is 5.74. The van der Waals surface area contributed by atoms with E-state index in [4.69, 9.17) is 4.98 Å². The van der Waals surface area contributed by atoms with E-state index < -0.39 is 0 Å². The predicted octanol–water partition coefficient (Wildman–Crippen LogP) is 5.01. The van der Waals surface area contributed by atoms with Gasteiger partial charge < -0.3 is 5.32 Å². The maximum atomic E-state index is 13.0. The highest BCUT2D eigenvalue weighted by Gasteiger charge is 2.26. The van der Waals surface area contributed by atoms with Gasteiger partial charge in [-0.1, -0.05) is 18.2 Å². The molecule has 5 nitrogen and oxygen atoms in total. The van der Waals surface area contributed by atoms with E-state index in [9.17, 15) is 9.59 Å². The molecule has 0 bridgehead atoms. The molecule has 0 saturated carbocycles. The summed E-state index contributed by atoms with van der Waals surface area (Å²) in [5.74, 6) is 0.174. The van der Waals surface area contributed by atoms with Gasteiger partial charge in [-0.25, -0.2) is 0 Å². The lowest BCUT2D eigenvalue weighted by Gasteiger charge is -2.31. The number of nitrogens with zero attached hydrogens (tertiary/aromatic N) is 2. The number of nitrogens with one attached hydrogen (secondary N) is 1. The van der Waals surface area contributed by atoms with Crippen LogP contribution in [0.2, 0.25) is 0 Å². The molecule has 1 saturated heterocycles. The third kappa shape index (κ3) is 5.14. The van der Waals surface area contributed by atoms with Crippen molar-refractivity contribution < 1.29 is 9.59 Å². The molecular weight excluding hydrogens is 406 g/mol. The van der Waals surface area contributed by atoms with Crippen molar-refractivity contribution >= 4 is 40.0 Å². The number of pyridine rings is 1. The second-order valence-electron chi connectivity index (χ2n) is 8.02. The molecule has 1 aromatic heterocycles. The Bertz CT molecular complexity index is 1100. The summed E-state index contributed by atoms with van der Waals surface area (Å²) < 4.78 is 0. The Hall–Kier alpha value is -2.70. The van der Waals surface area contributed by atoms with Gasteiger partial charge in [0.25, 0.3) is 0 Å². The fourth-order valence-electron chi connectivity index (χ4n) is 4.22. The summed E-state index contributed by atoms with van der Waals surface area (Å²) in [5.41, 5.74) is 3.42. The van der Waals surface area contributed by atoms with Crippen molar-refractivity contribution in [1.82, 2.24) is 9.88 Å². The lowest BCUT2D eigenvalue weighted by Crippen LogP contribution is -2.38. The number of benzene rings is 2. The molecule has 1 fully saturated rings. The van der Waals surface area contributed by atoms with E-state index in [-0.39, 0.29) is 17.6 Å². The Morgan fingerprint density at radius 3 is 2.68 bits per heavy atom. The molecule has 6 heteroatoms. The summed E-state index contributed by atoms with van der Waals surface area (Å²) >= 11 is 1.68. The van der Waals surface area contributed by atoms with Gasteiger partial charge in [0.05, 0.1) is 16.9 Å². The van der Waals surface area contributed by atoms with E-state index in [0.717, 1.165) is 60.3 Å². The maximum absolute atomic E-state index is 13.0. The zero-order valence-corrected chi connectivity index (χ0v) is 18.7. The lowest BCUT2D eigenvalue weighted by atomic mass is 9.90. The number of aromatic nitrogens is 1. The second kappa shape index (κ2) is 9.62. The van der Waals surface area contributed by atoms with Crippen LogP contribution in [0.4, 0.5) is 5.69 Å². The van der Waals surface area contributed by atoms with Gasteiger partial charge >= 0.3 is 0 Å². The van der Waals surface area contributed by atoms with Crippen LogP contribution in [0.1, 0.15) is 35.8 Å². The summed E-state index contributed by atoms with van der Waals surface area (Å²) in [6, 6.07) is 17.7. The van der Waals surface area contributed by atoms with Gasteiger partial charge in [0, 0.05) is 41.8 Å². The van der Waals surface area contributed by atoms with Gasteiger partial charge in [-0.3, -0.25) is 19.5 Å². The minimum absolute atomic E-state index is 0.0284. The van der Waals surface area contributed by atoms with E-state index in [1.54, 1.807) is 11.8 Å². The van der Waals surface area contributed by atoms with Crippen molar-refractivity contribution in [3.05, 3.63) is 65.9 Å². The Morgan fingerprint density at radius 1 is 1.13 bits per heavy atom. The van der Waals surface area contributed by atoms with Gasteiger partial charge in [-0.15, -0.1) is 11.8 Å². The fourth-order valence-corrected chi connectivity index (χ4v) is 4.63. The molecule has 31 heavy (non-hydrogen) atoms. The molecule has 0 unspecified atom stereocenters. The number of hydrogen-bond donors (Lipinski definition) is 1. The first-order valence-electron chi connectivity index (χ1n) is 10.6. The van der Waals surface area contributed by atoms with E-state index in [1.807, 2.05) is 60.9 Å². The monoisotopic (exact) mass is 433 g/mol. The summed E-state index contributed by atoms with van der Waals surface area (Å²) in [4.78, 5) is 32.8. The van der Waals surface area contributed by atoms with Crippen LogP contribution >= 0.6 is 11.8 Å². The number of ketones is 1. The number of amides is 1. The predicted molar refractivity (Wildman–Crippen MR) is 127 cm³/mol. The van der Waals surface area contributed by atoms with Crippen LogP contribution in [0, 0.1) is 5.92 Å². The highest BCUT2D eigenvalue weighted by atomic mass is 32.2. The van der Waals surface area contributed by atoms with Crippen LogP contribution < -0.4 is 5.32 Å². The van der Waals surface area contributed by atoms with Crippen LogP contribution in [0.3, 0.4) is 0 Å². The molecule has 2 aromatic carbocycles. The van der Waals surface area contributed by atoms with E-state index in [2.05, 4.69) is 10.2 Å². The number of carbonyl (C=O) groups excluding carboxylic acids is 2. The standard InChI is InChI=1S/C25H27N3O2S/c1-17(29)26-23-6-3-7-24-22(23)13-10-20(27-24)16-28-14-4-5-19(15-28)25(30)18-8-11-21(31-2)12-9-18/h3,6-13,19H,4-5,14-16H2,1-2H3,(H,26,29)/t19-/m0/s1. The Labute approximate surface area is 187 Å². The Kier molecular flexibility index (Phi) is 6.68. The normalized spacial score (nSPS) is 16.9. The molecule has 3 aromatic rings. The first kappa shape index (κ1) is 21.5. The SMILES string of the molecule is CSc1ccc(C(=O)[C@H]2CCCN(Cc3ccc4c(NC(C)=O)cccc4n3)C2)cc1. The van der Waals surface area contributed by atoms with Crippen LogP contribution in [0.15, 0.2) is 59.5 Å². The molecule has 0 spiro atoms. The zero-order valence-electron chi connectivity index (χ0n) is 17.9. The van der Waals surface area contributed by atoms with Crippen LogP contribution in [0.25, 0.3) is 10.9 Å². The average molecular weight is 434 g/mol. The topological polar surface area (TPSA) is 62.3 Å². The van der Waals surface area contributed by atoms with Crippen molar-refractivity contribution in [3.8, 4) is 0 Å². The molecule has 0 radical (unpaired) electrons. The quantitative estimate of drug-likeness (QED) is 0.437. The van der Waals surface area contributed by atoms with E-state index >= 15 is 0 Å². The number of carbonyl (C=O) groups is 2. The first-order valence-corrected chi connectivity index (χ1v) is 11.8. The van der Waals surface area contributed by atoms with E-state index in [1.165, 1.54) is 11.8 Å². The van der Waals surface area contributed by atoms with Crippen LogP contribution in [0.5, 0.6) is 0 Å². The molecule has 160 valence electrons. The van der Waals surface area contributed by atoms with Crippen molar-refractivity contribution in [1.29, 1.82) is 0 Å². The molecule has 0 aliphatic carbocycles. The molecule has 1 N–H and O–H groups in total. The summed E-state index contributed by atoms with van der Waals surface area (Å²) in [5, 5.41) is 3.79.